The topological polar surface area (TPSA) is 80.8 Å². The minimum Gasteiger partial charge on any atom is -0.495 e. The van der Waals surface area contributed by atoms with Gasteiger partial charge in [0.15, 0.2) is 6.61 Å². The summed E-state index contributed by atoms with van der Waals surface area (Å²) in [5.41, 5.74) is 2.79. The van der Waals surface area contributed by atoms with Crippen molar-refractivity contribution < 1.29 is 19.1 Å². The van der Waals surface area contributed by atoms with Crippen molar-refractivity contribution in [3.63, 3.8) is 0 Å². The van der Waals surface area contributed by atoms with Gasteiger partial charge in [0.05, 0.1) is 29.2 Å². The van der Waals surface area contributed by atoms with Gasteiger partial charge in [-0.05, 0) is 37.3 Å². The molecule has 29 heavy (non-hydrogen) atoms. The SMILES string of the molecule is COc1ccccc1NC(=O)CN1C(=O)COc2ccc(-c3csc(C)n3)cc21. The molecule has 148 valence electrons. The third-order valence-electron chi connectivity index (χ3n) is 4.50. The number of hydrogen-bond donors (Lipinski definition) is 1. The van der Waals surface area contributed by atoms with E-state index in [1.165, 1.54) is 12.0 Å². The van der Waals surface area contributed by atoms with E-state index in [9.17, 15) is 9.59 Å². The molecule has 0 unspecified atom stereocenters. The van der Waals surface area contributed by atoms with Crippen molar-refractivity contribution in [2.24, 2.45) is 0 Å². The van der Waals surface area contributed by atoms with E-state index in [2.05, 4.69) is 10.3 Å². The molecule has 2 heterocycles. The lowest BCUT2D eigenvalue weighted by Crippen LogP contribution is -2.43. The van der Waals surface area contributed by atoms with Gasteiger partial charge < -0.3 is 14.8 Å². The molecule has 1 aliphatic rings. The summed E-state index contributed by atoms with van der Waals surface area (Å²) >= 11 is 1.55. The van der Waals surface area contributed by atoms with Gasteiger partial charge in [-0.1, -0.05) is 12.1 Å². The molecular formula is C21H19N3O4S. The first-order valence-electron chi connectivity index (χ1n) is 8.98. The summed E-state index contributed by atoms with van der Waals surface area (Å²) < 4.78 is 10.8. The van der Waals surface area contributed by atoms with Crippen LogP contribution in [0.5, 0.6) is 11.5 Å². The molecule has 0 radical (unpaired) electrons. The highest BCUT2D eigenvalue weighted by Crippen LogP contribution is 2.36. The summed E-state index contributed by atoms with van der Waals surface area (Å²) in [6.45, 7) is 1.70. The highest BCUT2D eigenvalue weighted by molar-refractivity contribution is 7.09. The summed E-state index contributed by atoms with van der Waals surface area (Å²) in [5.74, 6) is 0.506. The average molecular weight is 409 g/mol. The zero-order chi connectivity index (χ0) is 20.4. The van der Waals surface area contributed by atoms with E-state index in [0.29, 0.717) is 22.9 Å². The number of methoxy groups -OCH3 is 1. The summed E-state index contributed by atoms with van der Waals surface area (Å²) in [4.78, 5) is 31.1. The Bertz CT molecular complexity index is 1080. The molecular weight excluding hydrogens is 390 g/mol. The number of aromatic nitrogens is 1. The molecule has 0 aliphatic carbocycles. The molecule has 0 fully saturated rings. The average Bonchev–Trinajstić information content (AvgIpc) is 3.16. The number of rotatable bonds is 5. The lowest BCUT2D eigenvalue weighted by Gasteiger charge is -2.29. The molecule has 0 bridgehead atoms. The standard InChI is InChI=1S/C21H19N3O4S/c1-13-22-16(12-29-13)14-7-8-19-17(9-14)24(21(26)11-28-19)10-20(25)23-15-5-3-4-6-18(15)27-2/h3-9,12H,10-11H2,1-2H3,(H,23,25). The van der Waals surface area contributed by atoms with Crippen molar-refractivity contribution in [3.05, 3.63) is 52.9 Å². The van der Waals surface area contributed by atoms with E-state index < -0.39 is 0 Å². The molecule has 1 N–H and O–H groups in total. The summed E-state index contributed by atoms with van der Waals surface area (Å²) in [5, 5.41) is 5.72. The molecule has 0 atom stereocenters. The molecule has 7 nitrogen and oxygen atoms in total. The summed E-state index contributed by atoms with van der Waals surface area (Å²) in [7, 11) is 1.54. The van der Waals surface area contributed by atoms with Gasteiger partial charge in [0, 0.05) is 10.9 Å². The van der Waals surface area contributed by atoms with Crippen LogP contribution in [0.2, 0.25) is 0 Å². The van der Waals surface area contributed by atoms with Crippen LogP contribution in [0, 0.1) is 6.92 Å². The maximum Gasteiger partial charge on any atom is 0.265 e. The number of para-hydroxylation sites is 2. The Morgan fingerprint density at radius 1 is 1.31 bits per heavy atom. The molecule has 0 spiro atoms. The Morgan fingerprint density at radius 3 is 2.90 bits per heavy atom. The fourth-order valence-corrected chi connectivity index (χ4v) is 3.73. The van der Waals surface area contributed by atoms with E-state index in [1.807, 2.05) is 30.5 Å². The molecule has 0 saturated heterocycles. The Kier molecular flexibility index (Phi) is 5.18. The van der Waals surface area contributed by atoms with Gasteiger partial charge in [-0.3, -0.25) is 14.5 Å². The quantitative estimate of drug-likeness (QED) is 0.698. The molecule has 0 saturated carbocycles. The van der Waals surface area contributed by atoms with Crippen LogP contribution in [0.1, 0.15) is 5.01 Å². The van der Waals surface area contributed by atoms with Crippen LogP contribution >= 0.6 is 11.3 Å². The minimum atomic E-state index is -0.328. The number of ether oxygens (including phenoxy) is 2. The molecule has 2 aromatic carbocycles. The Balaban J connectivity index is 1.59. The smallest absolute Gasteiger partial charge is 0.265 e. The Morgan fingerprint density at radius 2 is 2.14 bits per heavy atom. The first-order valence-corrected chi connectivity index (χ1v) is 9.85. The molecule has 1 aliphatic heterocycles. The van der Waals surface area contributed by atoms with Crippen molar-refractivity contribution in [3.8, 4) is 22.8 Å². The summed E-state index contributed by atoms with van der Waals surface area (Å²) in [6.07, 6.45) is 0. The number of aryl methyl sites for hydroxylation is 1. The number of benzene rings is 2. The van der Waals surface area contributed by atoms with E-state index in [4.69, 9.17) is 9.47 Å². The number of amides is 2. The zero-order valence-electron chi connectivity index (χ0n) is 16.0. The number of nitrogens with zero attached hydrogens (tertiary/aromatic N) is 2. The van der Waals surface area contributed by atoms with Crippen LogP contribution in [0.4, 0.5) is 11.4 Å². The Labute approximate surface area is 171 Å². The van der Waals surface area contributed by atoms with Crippen LogP contribution in [0.25, 0.3) is 11.3 Å². The van der Waals surface area contributed by atoms with E-state index >= 15 is 0 Å². The third kappa shape index (κ3) is 3.93. The van der Waals surface area contributed by atoms with Crippen molar-refractivity contribution in [2.45, 2.75) is 6.92 Å². The molecule has 8 heteroatoms. The first-order chi connectivity index (χ1) is 14.0. The van der Waals surface area contributed by atoms with Gasteiger partial charge in [-0.15, -0.1) is 11.3 Å². The van der Waals surface area contributed by atoms with Gasteiger partial charge >= 0.3 is 0 Å². The summed E-state index contributed by atoms with van der Waals surface area (Å²) in [6, 6.07) is 12.7. The second-order valence-electron chi connectivity index (χ2n) is 6.45. The molecule has 4 rings (SSSR count). The first kappa shape index (κ1) is 18.9. The molecule has 2 amide bonds. The second-order valence-corrected chi connectivity index (χ2v) is 7.51. The number of anilines is 2. The van der Waals surface area contributed by atoms with Gasteiger partial charge in [-0.25, -0.2) is 4.98 Å². The minimum absolute atomic E-state index is 0.107. The lowest BCUT2D eigenvalue weighted by atomic mass is 10.1. The maximum absolute atomic E-state index is 12.7. The number of fused-ring (bicyclic) bond motifs is 1. The highest BCUT2D eigenvalue weighted by Gasteiger charge is 2.28. The third-order valence-corrected chi connectivity index (χ3v) is 5.27. The normalized spacial score (nSPS) is 12.9. The fourth-order valence-electron chi connectivity index (χ4n) is 3.11. The van der Waals surface area contributed by atoms with Crippen molar-refractivity contribution in [2.75, 3.05) is 30.5 Å². The zero-order valence-corrected chi connectivity index (χ0v) is 16.8. The van der Waals surface area contributed by atoms with Gasteiger partial charge in [-0.2, -0.15) is 0 Å². The van der Waals surface area contributed by atoms with Crippen LogP contribution in [0.3, 0.4) is 0 Å². The van der Waals surface area contributed by atoms with E-state index in [0.717, 1.165) is 16.3 Å². The maximum atomic E-state index is 12.7. The van der Waals surface area contributed by atoms with Gasteiger partial charge in [0.1, 0.15) is 18.0 Å². The predicted molar refractivity (Wildman–Crippen MR) is 112 cm³/mol. The predicted octanol–water partition coefficient (Wildman–Crippen LogP) is 3.49. The van der Waals surface area contributed by atoms with Crippen molar-refractivity contribution in [1.82, 2.24) is 4.98 Å². The van der Waals surface area contributed by atoms with E-state index in [-0.39, 0.29) is 25.0 Å². The molecule has 3 aromatic rings. The van der Waals surface area contributed by atoms with Crippen LogP contribution < -0.4 is 19.7 Å². The molecule has 1 aromatic heterocycles. The number of carbonyl (C=O) groups excluding carboxylic acids is 2. The van der Waals surface area contributed by atoms with Crippen LogP contribution in [-0.4, -0.2) is 37.1 Å². The number of carbonyl (C=O) groups is 2. The van der Waals surface area contributed by atoms with Gasteiger partial charge in [0.2, 0.25) is 5.91 Å². The Hall–Kier alpha value is -3.39. The van der Waals surface area contributed by atoms with Crippen molar-refractivity contribution >= 4 is 34.5 Å². The monoisotopic (exact) mass is 409 g/mol. The second kappa shape index (κ2) is 7.92. The van der Waals surface area contributed by atoms with Crippen LogP contribution in [0.15, 0.2) is 47.8 Å². The number of hydrogen-bond acceptors (Lipinski definition) is 6. The lowest BCUT2D eigenvalue weighted by molar-refractivity contribution is -0.123. The van der Waals surface area contributed by atoms with Crippen molar-refractivity contribution in [1.29, 1.82) is 0 Å². The fraction of sp³-hybridized carbons (Fsp3) is 0.190. The largest absolute Gasteiger partial charge is 0.495 e. The van der Waals surface area contributed by atoms with E-state index in [1.54, 1.807) is 35.6 Å². The van der Waals surface area contributed by atoms with Gasteiger partial charge in [0.25, 0.3) is 5.91 Å². The van der Waals surface area contributed by atoms with Crippen LogP contribution in [-0.2, 0) is 9.59 Å². The highest BCUT2D eigenvalue weighted by atomic mass is 32.1. The number of thiazole rings is 1. The number of nitrogens with one attached hydrogen (secondary N) is 1.